The van der Waals surface area contributed by atoms with Crippen molar-refractivity contribution >= 4 is 11.6 Å². The van der Waals surface area contributed by atoms with E-state index in [4.69, 9.17) is 17.3 Å². The second-order valence-electron chi connectivity index (χ2n) is 4.49. The van der Waals surface area contributed by atoms with Crippen molar-refractivity contribution in [2.75, 3.05) is 0 Å². The van der Waals surface area contributed by atoms with Gasteiger partial charge < -0.3 is 10.8 Å². The molecule has 1 aromatic carbocycles. The Morgan fingerprint density at radius 1 is 1.31 bits per heavy atom. The van der Waals surface area contributed by atoms with Crippen molar-refractivity contribution in [3.8, 4) is 0 Å². The number of hydrogen-bond acceptors (Lipinski definition) is 2. The molecule has 90 valence electrons. The molecule has 1 aromatic rings. The summed E-state index contributed by atoms with van der Waals surface area (Å²) in [5, 5.41) is 10.4. The minimum Gasteiger partial charge on any atom is -0.392 e. The largest absolute Gasteiger partial charge is 0.392 e. The third-order valence-corrected chi connectivity index (χ3v) is 3.33. The molecule has 0 aliphatic carbocycles. The van der Waals surface area contributed by atoms with Gasteiger partial charge in [-0.1, -0.05) is 17.7 Å². The molecule has 0 aliphatic rings. The average molecular weight is 242 g/mol. The van der Waals surface area contributed by atoms with Gasteiger partial charge >= 0.3 is 0 Å². The fourth-order valence-corrected chi connectivity index (χ4v) is 1.91. The van der Waals surface area contributed by atoms with E-state index in [1.807, 2.05) is 19.9 Å². The molecule has 2 unspecified atom stereocenters. The molecule has 16 heavy (non-hydrogen) atoms. The third kappa shape index (κ3) is 3.48. The first-order chi connectivity index (χ1) is 7.41. The summed E-state index contributed by atoms with van der Waals surface area (Å²) >= 11 is 6.15. The Balaban J connectivity index is 2.71. The molecule has 0 amide bonds. The van der Waals surface area contributed by atoms with E-state index in [0.717, 1.165) is 17.0 Å². The van der Waals surface area contributed by atoms with E-state index in [9.17, 15) is 5.11 Å². The molecule has 2 nitrogen and oxygen atoms in total. The summed E-state index contributed by atoms with van der Waals surface area (Å²) in [6.45, 7) is 5.92. The summed E-state index contributed by atoms with van der Waals surface area (Å²) in [5.41, 5.74) is 9.12. The molecule has 3 heteroatoms. The van der Waals surface area contributed by atoms with Crippen LogP contribution in [0.4, 0.5) is 0 Å². The first-order valence-electron chi connectivity index (χ1n) is 5.61. The molecule has 0 bridgehead atoms. The van der Waals surface area contributed by atoms with Crippen molar-refractivity contribution in [2.24, 2.45) is 5.73 Å². The van der Waals surface area contributed by atoms with Crippen LogP contribution in [0.5, 0.6) is 0 Å². The number of rotatable bonds is 4. The monoisotopic (exact) mass is 241 g/mol. The zero-order chi connectivity index (χ0) is 12.3. The van der Waals surface area contributed by atoms with Gasteiger partial charge in [-0.3, -0.25) is 0 Å². The summed E-state index contributed by atoms with van der Waals surface area (Å²) in [7, 11) is 0. The minimum atomic E-state index is -0.460. The lowest BCUT2D eigenvalue weighted by atomic mass is 10.00. The number of halogens is 1. The van der Waals surface area contributed by atoms with E-state index < -0.39 is 6.10 Å². The number of hydrogen-bond donors (Lipinski definition) is 2. The summed E-state index contributed by atoms with van der Waals surface area (Å²) in [4.78, 5) is 0. The van der Waals surface area contributed by atoms with Gasteiger partial charge in [-0.25, -0.2) is 0 Å². The molecule has 0 saturated heterocycles. The van der Waals surface area contributed by atoms with Gasteiger partial charge in [0.05, 0.1) is 6.10 Å². The van der Waals surface area contributed by atoms with Crippen molar-refractivity contribution in [2.45, 2.75) is 45.8 Å². The SMILES string of the molecule is Cc1cc(Cl)c(CCC(O)C(C)N)cc1C. The van der Waals surface area contributed by atoms with E-state index in [1.54, 1.807) is 0 Å². The predicted molar refractivity (Wildman–Crippen MR) is 68.9 cm³/mol. The van der Waals surface area contributed by atoms with Gasteiger partial charge in [0.1, 0.15) is 0 Å². The summed E-state index contributed by atoms with van der Waals surface area (Å²) in [6, 6.07) is 3.88. The second-order valence-corrected chi connectivity index (χ2v) is 4.90. The first kappa shape index (κ1) is 13.5. The van der Waals surface area contributed by atoms with Gasteiger partial charge in [0, 0.05) is 11.1 Å². The predicted octanol–water partition coefficient (Wildman–Crippen LogP) is 2.60. The van der Waals surface area contributed by atoms with Crippen LogP contribution in [-0.4, -0.2) is 17.3 Å². The van der Waals surface area contributed by atoms with Crippen molar-refractivity contribution in [3.63, 3.8) is 0 Å². The smallest absolute Gasteiger partial charge is 0.0691 e. The highest BCUT2D eigenvalue weighted by Crippen LogP contribution is 2.22. The standard InChI is InChI=1S/C13H20ClNO/c1-8-6-11(12(14)7-9(8)2)4-5-13(16)10(3)15/h6-7,10,13,16H,4-5,15H2,1-3H3. The van der Waals surface area contributed by atoms with Crippen LogP contribution in [0.25, 0.3) is 0 Å². The van der Waals surface area contributed by atoms with Gasteiger partial charge in [-0.05, 0) is 56.4 Å². The van der Waals surface area contributed by atoms with Crippen LogP contribution >= 0.6 is 11.6 Å². The normalized spacial score (nSPS) is 14.9. The Morgan fingerprint density at radius 2 is 1.88 bits per heavy atom. The van der Waals surface area contributed by atoms with Crippen LogP contribution in [0.2, 0.25) is 5.02 Å². The first-order valence-corrected chi connectivity index (χ1v) is 5.99. The molecule has 0 saturated carbocycles. The molecule has 0 heterocycles. The molecule has 1 rings (SSSR count). The van der Waals surface area contributed by atoms with Crippen molar-refractivity contribution in [1.29, 1.82) is 0 Å². The number of aryl methyl sites for hydroxylation is 3. The van der Waals surface area contributed by atoms with Crippen LogP contribution in [0, 0.1) is 13.8 Å². The second kappa shape index (κ2) is 5.67. The molecular weight excluding hydrogens is 222 g/mol. The van der Waals surface area contributed by atoms with E-state index in [1.165, 1.54) is 11.1 Å². The summed E-state index contributed by atoms with van der Waals surface area (Å²) in [6.07, 6.45) is 0.959. The average Bonchev–Trinajstić information content (AvgIpc) is 2.20. The minimum absolute atomic E-state index is 0.190. The Morgan fingerprint density at radius 3 is 2.44 bits per heavy atom. The van der Waals surface area contributed by atoms with E-state index in [-0.39, 0.29) is 6.04 Å². The van der Waals surface area contributed by atoms with E-state index in [0.29, 0.717) is 6.42 Å². The van der Waals surface area contributed by atoms with E-state index >= 15 is 0 Å². The fraction of sp³-hybridized carbons (Fsp3) is 0.538. The molecule has 0 radical (unpaired) electrons. The Hall–Kier alpha value is -0.570. The zero-order valence-corrected chi connectivity index (χ0v) is 10.9. The highest BCUT2D eigenvalue weighted by Gasteiger charge is 2.11. The molecule has 2 atom stereocenters. The van der Waals surface area contributed by atoms with Crippen LogP contribution in [-0.2, 0) is 6.42 Å². The van der Waals surface area contributed by atoms with E-state index in [2.05, 4.69) is 13.0 Å². The maximum absolute atomic E-state index is 9.63. The maximum atomic E-state index is 9.63. The molecule has 0 aliphatic heterocycles. The third-order valence-electron chi connectivity index (χ3n) is 2.98. The topological polar surface area (TPSA) is 46.2 Å². The lowest BCUT2D eigenvalue weighted by Gasteiger charge is -2.15. The van der Waals surface area contributed by atoms with Crippen molar-refractivity contribution in [3.05, 3.63) is 33.8 Å². The molecule has 3 N–H and O–H groups in total. The summed E-state index contributed by atoms with van der Waals surface area (Å²) in [5.74, 6) is 0. The zero-order valence-electron chi connectivity index (χ0n) is 10.1. The Kier molecular flexibility index (Phi) is 4.78. The highest BCUT2D eigenvalue weighted by atomic mass is 35.5. The van der Waals surface area contributed by atoms with Crippen molar-refractivity contribution < 1.29 is 5.11 Å². The molecule has 0 fully saturated rings. The van der Waals surface area contributed by atoms with Crippen LogP contribution in [0.3, 0.4) is 0 Å². The number of aliphatic hydroxyl groups is 1. The molecule has 0 spiro atoms. The van der Waals surface area contributed by atoms with Gasteiger partial charge in [-0.2, -0.15) is 0 Å². The summed E-state index contributed by atoms with van der Waals surface area (Å²) < 4.78 is 0. The molecular formula is C13H20ClNO. The lowest BCUT2D eigenvalue weighted by Crippen LogP contribution is -2.31. The van der Waals surface area contributed by atoms with Crippen molar-refractivity contribution in [1.82, 2.24) is 0 Å². The van der Waals surface area contributed by atoms with Gasteiger partial charge in [0.2, 0.25) is 0 Å². The van der Waals surface area contributed by atoms with Gasteiger partial charge in [-0.15, -0.1) is 0 Å². The molecule has 0 aromatic heterocycles. The number of benzene rings is 1. The van der Waals surface area contributed by atoms with Crippen LogP contribution < -0.4 is 5.73 Å². The highest BCUT2D eigenvalue weighted by molar-refractivity contribution is 6.31. The Bertz CT molecular complexity index is 363. The Labute approximate surface area is 102 Å². The lowest BCUT2D eigenvalue weighted by molar-refractivity contribution is 0.141. The maximum Gasteiger partial charge on any atom is 0.0691 e. The van der Waals surface area contributed by atoms with Crippen LogP contribution in [0.1, 0.15) is 30.0 Å². The van der Waals surface area contributed by atoms with Crippen LogP contribution in [0.15, 0.2) is 12.1 Å². The van der Waals surface area contributed by atoms with Gasteiger partial charge in [0.25, 0.3) is 0 Å². The van der Waals surface area contributed by atoms with Gasteiger partial charge in [0.15, 0.2) is 0 Å². The number of aliphatic hydroxyl groups excluding tert-OH is 1. The fourth-order valence-electron chi connectivity index (χ4n) is 1.60. The number of nitrogens with two attached hydrogens (primary N) is 1. The quantitative estimate of drug-likeness (QED) is 0.851.